The Balaban J connectivity index is 2.67. The number of anilines is 1. The smallest absolute Gasteiger partial charge is 0.250 e. The number of ether oxygens (including phenoxy) is 1. The number of hydrogen-bond acceptors (Lipinski definition) is 3. The zero-order chi connectivity index (χ0) is 14.3. The number of amides is 2. The third kappa shape index (κ3) is 5.52. The standard InChI is InChI=1S/C14H20N2O3/c1-10(2)19-9-14(18)16-12-7-5-4-6-11(12)8-13(17)15-3/h4-7,10H,8-9H2,1-3H3,(H,15,17)(H,16,18). The summed E-state index contributed by atoms with van der Waals surface area (Å²) in [6.07, 6.45) is 0.240. The Labute approximate surface area is 113 Å². The quantitative estimate of drug-likeness (QED) is 0.814. The van der Waals surface area contributed by atoms with Crippen molar-refractivity contribution in [3.8, 4) is 0 Å². The van der Waals surface area contributed by atoms with Gasteiger partial charge in [0, 0.05) is 12.7 Å². The van der Waals surface area contributed by atoms with E-state index in [1.165, 1.54) is 0 Å². The fourth-order valence-electron chi connectivity index (χ4n) is 1.49. The largest absolute Gasteiger partial charge is 0.369 e. The molecule has 0 heterocycles. The Bertz CT molecular complexity index is 444. The minimum Gasteiger partial charge on any atom is -0.369 e. The third-order valence-corrected chi connectivity index (χ3v) is 2.47. The predicted octanol–water partition coefficient (Wildman–Crippen LogP) is 1.34. The molecular weight excluding hydrogens is 244 g/mol. The van der Waals surface area contributed by atoms with E-state index in [1.807, 2.05) is 32.0 Å². The van der Waals surface area contributed by atoms with Gasteiger partial charge in [-0.05, 0) is 25.5 Å². The summed E-state index contributed by atoms with van der Waals surface area (Å²) in [5.41, 5.74) is 1.42. The lowest BCUT2D eigenvalue weighted by molar-refractivity contribution is -0.122. The average Bonchev–Trinajstić information content (AvgIpc) is 2.38. The number of nitrogens with one attached hydrogen (secondary N) is 2. The van der Waals surface area contributed by atoms with Gasteiger partial charge in [-0.3, -0.25) is 9.59 Å². The molecule has 0 spiro atoms. The lowest BCUT2D eigenvalue weighted by Crippen LogP contribution is -2.23. The van der Waals surface area contributed by atoms with Crippen molar-refractivity contribution in [2.75, 3.05) is 19.0 Å². The van der Waals surface area contributed by atoms with Crippen molar-refractivity contribution in [2.45, 2.75) is 26.4 Å². The maximum absolute atomic E-state index is 11.7. The molecule has 2 N–H and O–H groups in total. The van der Waals surface area contributed by atoms with Crippen molar-refractivity contribution < 1.29 is 14.3 Å². The molecule has 0 radical (unpaired) electrons. The molecule has 5 nitrogen and oxygen atoms in total. The van der Waals surface area contributed by atoms with Crippen molar-refractivity contribution in [3.63, 3.8) is 0 Å². The summed E-state index contributed by atoms with van der Waals surface area (Å²) in [6.45, 7) is 3.74. The van der Waals surface area contributed by atoms with Gasteiger partial charge in [0.15, 0.2) is 0 Å². The molecule has 1 rings (SSSR count). The first-order chi connectivity index (χ1) is 9.02. The molecule has 104 valence electrons. The van der Waals surface area contributed by atoms with Crippen LogP contribution >= 0.6 is 0 Å². The molecular formula is C14H20N2O3. The third-order valence-electron chi connectivity index (χ3n) is 2.47. The van der Waals surface area contributed by atoms with E-state index in [2.05, 4.69) is 10.6 Å². The predicted molar refractivity (Wildman–Crippen MR) is 73.9 cm³/mol. The lowest BCUT2D eigenvalue weighted by Gasteiger charge is -2.11. The van der Waals surface area contributed by atoms with Crippen molar-refractivity contribution in [2.24, 2.45) is 0 Å². The van der Waals surface area contributed by atoms with Crippen molar-refractivity contribution in [1.29, 1.82) is 0 Å². The molecule has 1 aromatic rings. The fourth-order valence-corrected chi connectivity index (χ4v) is 1.49. The van der Waals surface area contributed by atoms with E-state index in [0.29, 0.717) is 5.69 Å². The second-order valence-corrected chi connectivity index (χ2v) is 4.42. The summed E-state index contributed by atoms with van der Waals surface area (Å²) in [4.78, 5) is 23.1. The molecule has 0 aliphatic rings. The highest BCUT2D eigenvalue weighted by molar-refractivity contribution is 5.93. The van der Waals surface area contributed by atoms with Crippen LogP contribution in [-0.4, -0.2) is 31.6 Å². The number of benzene rings is 1. The van der Waals surface area contributed by atoms with Gasteiger partial charge in [0.05, 0.1) is 12.5 Å². The van der Waals surface area contributed by atoms with Crippen LogP contribution in [0.1, 0.15) is 19.4 Å². The first-order valence-electron chi connectivity index (χ1n) is 6.23. The fraction of sp³-hybridized carbons (Fsp3) is 0.429. The minimum absolute atomic E-state index is 0.00593. The van der Waals surface area contributed by atoms with Crippen LogP contribution in [0.5, 0.6) is 0 Å². The molecule has 19 heavy (non-hydrogen) atoms. The van der Waals surface area contributed by atoms with Crippen LogP contribution < -0.4 is 10.6 Å². The molecule has 2 amide bonds. The molecule has 1 aromatic carbocycles. The minimum atomic E-state index is -0.224. The number of carbonyl (C=O) groups is 2. The maximum atomic E-state index is 11.7. The van der Waals surface area contributed by atoms with Crippen LogP contribution in [0, 0.1) is 0 Å². The molecule has 0 saturated heterocycles. The molecule has 0 saturated carbocycles. The molecule has 0 unspecified atom stereocenters. The number of para-hydroxylation sites is 1. The first-order valence-corrected chi connectivity index (χ1v) is 6.23. The molecule has 5 heteroatoms. The Kier molecular flexibility index (Phi) is 6.02. The van der Waals surface area contributed by atoms with E-state index in [9.17, 15) is 9.59 Å². The Morgan fingerprint density at radius 2 is 1.89 bits per heavy atom. The van der Waals surface area contributed by atoms with Gasteiger partial charge < -0.3 is 15.4 Å². The Morgan fingerprint density at radius 1 is 1.21 bits per heavy atom. The van der Waals surface area contributed by atoms with E-state index >= 15 is 0 Å². The molecule has 0 aliphatic carbocycles. The SMILES string of the molecule is CNC(=O)Cc1ccccc1NC(=O)COC(C)C. The van der Waals surface area contributed by atoms with E-state index in [-0.39, 0.29) is 30.9 Å². The van der Waals surface area contributed by atoms with Crippen LogP contribution in [0.3, 0.4) is 0 Å². The highest BCUT2D eigenvalue weighted by Gasteiger charge is 2.09. The summed E-state index contributed by atoms with van der Waals surface area (Å²) in [7, 11) is 1.58. The zero-order valence-electron chi connectivity index (χ0n) is 11.5. The summed E-state index contributed by atoms with van der Waals surface area (Å²) in [6, 6.07) is 7.23. The van der Waals surface area contributed by atoms with Gasteiger partial charge in [0.25, 0.3) is 0 Å². The van der Waals surface area contributed by atoms with Crippen molar-refractivity contribution >= 4 is 17.5 Å². The number of carbonyl (C=O) groups excluding carboxylic acids is 2. The number of rotatable bonds is 6. The van der Waals surface area contributed by atoms with Crippen LogP contribution in [0.2, 0.25) is 0 Å². The number of hydrogen-bond donors (Lipinski definition) is 2. The normalized spacial score (nSPS) is 10.3. The zero-order valence-corrected chi connectivity index (χ0v) is 11.5. The molecule has 0 fully saturated rings. The molecule has 0 aliphatic heterocycles. The van der Waals surface area contributed by atoms with Gasteiger partial charge in [-0.25, -0.2) is 0 Å². The van der Waals surface area contributed by atoms with Gasteiger partial charge in [0.2, 0.25) is 11.8 Å². The van der Waals surface area contributed by atoms with Gasteiger partial charge >= 0.3 is 0 Å². The van der Waals surface area contributed by atoms with Gasteiger partial charge in [-0.2, -0.15) is 0 Å². The Hall–Kier alpha value is -1.88. The van der Waals surface area contributed by atoms with Gasteiger partial charge in [-0.15, -0.1) is 0 Å². The highest BCUT2D eigenvalue weighted by Crippen LogP contribution is 2.15. The van der Waals surface area contributed by atoms with Crippen LogP contribution in [0.4, 0.5) is 5.69 Å². The lowest BCUT2D eigenvalue weighted by atomic mass is 10.1. The van der Waals surface area contributed by atoms with Crippen molar-refractivity contribution in [3.05, 3.63) is 29.8 Å². The maximum Gasteiger partial charge on any atom is 0.250 e. The summed E-state index contributed by atoms with van der Waals surface area (Å²) in [5, 5.41) is 5.31. The van der Waals surface area contributed by atoms with Crippen molar-refractivity contribution in [1.82, 2.24) is 5.32 Å². The first kappa shape index (κ1) is 15.2. The van der Waals surface area contributed by atoms with E-state index in [4.69, 9.17) is 4.74 Å². The van der Waals surface area contributed by atoms with E-state index in [0.717, 1.165) is 5.56 Å². The van der Waals surface area contributed by atoms with Crippen LogP contribution in [0.25, 0.3) is 0 Å². The second kappa shape index (κ2) is 7.53. The van der Waals surface area contributed by atoms with Gasteiger partial charge in [0.1, 0.15) is 6.61 Å². The average molecular weight is 264 g/mol. The second-order valence-electron chi connectivity index (χ2n) is 4.42. The van der Waals surface area contributed by atoms with Crippen LogP contribution in [0.15, 0.2) is 24.3 Å². The summed E-state index contributed by atoms with van der Waals surface area (Å²) >= 11 is 0. The topological polar surface area (TPSA) is 67.4 Å². The molecule has 0 aromatic heterocycles. The summed E-state index contributed by atoms with van der Waals surface area (Å²) in [5.74, 6) is -0.321. The van der Waals surface area contributed by atoms with E-state index < -0.39 is 0 Å². The molecule has 0 atom stereocenters. The number of likely N-dealkylation sites (N-methyl/N-ethyl adjacent to an activating group) is 1. The summed E-state index contributed by atoms with van der Waals surface area (Å²) < 4.78 is 5.23. The van der Waals surface area contributed by atoms with Gasteiger partial charge in [-0.1, -0.05) is 18.2 Å². The van der Waals surface area contributed by atoms with E-state index in [1.54, 1.807) is 13.1 Å². The molecule has 0 bridgehead atoms. The Morgan fingerprint density at radius 3 is 2.53 bits per heavy atom. The monoisotopic (exact) mass is 264 g/mol. The highest BCUT2D eigenvalue weighted by atomic mass is 16.5. The van der Waals surface area contributed by atoms with Crippen LogP contribution in [-0.2, 0) is 20.7 Å².